The highest BCUT2D eigenvalue weighted by molar-refractivity contribution is 5.28. The van der Waals surface area contributed by atoms with Crippen LogP contribution < -0.4 is 5.32 Å². The molecule has 0 aliphatic carbocycles. The average Bonchev–Trinajstić information content (AvgIpc) is 2.39. The van der Waals surface area contributed by atoms with Crippen LogP contribution in [0, 0.1) is 12.8 Å². The molecule has 0 heterocycles. The molecule has 0 spiro atoms. The molecule has 0 radical (unpaired) electrons. The highest BCUT2D eigenvalue weighted by atomic mass is 14.9. The zero-order valence-electron chi connectivity index (χ0n) is 12.5. The summed E-state index contributed by atoms with van der Waals surface area (Å²) in [5.74, 6) is 0.830. The maximum Gasteiger partial charge on any atom is 0.0294 e. The summed E-state index contributed by atoms with van der Waals surface area (Å²) in [6.07, 6.45) is 5.32. The largest absolute Gasteiger partial charge is 0.310 e. The molecule has 0 bridgehead atoms. The monoisotopic (exact) mass is 247 g/mol. The van der Waals surface area contributed by atoms with Gasteiger partial charge in [-0.15, -0.1) is 0 Å². The van der Waals surface area contributed by atoms with E-state index in [0.29, 0.717) is 6.04 Å². The van der Waals surface area contributed by atoms with Crippen molar-refractivity contribution in [1.29, 1.82) is 0 Å². The van der Waals surface area contributed by atoms with E-state index in [1.165, 1.54) is 36.8 Å². The van der Waals surface area contributed by atoms with Crippen LogP contribution in [0.1, 0.15) is 63.6 Å². The Balaban J connectivity index is 2.44. The minimum Gasteiger partial charge on any atom is -0.310 e. The normalized spacial score (nSPS) is 14.4. The molecule has 0 amide bonds. The Labute approximate surface area is 113 Å². The maximum absolute atomic E-state index is 3.70. The van der Waals surface area contributed by atoms with Gasteiger partial charge in [-0.2, -0.15) is 0 Å². The number of hydrogen-bond donors (Lipinski definition) is 1. The van der Waals surface area contributed by atoms with Gasteiger partial charge in [0, 0.05) is 6.04 Å². The average molecular weight is 247 g/mol. The van der Waals surface area contributed by atoms with E-state index in [9.17, 15) is 0 Å². The van der Waals surface area contributed by atoms with E-state index in [4.69, 9.17) is 0 Å². The first-order valence-electron chi connectivity index (χ1n) is 7.47. The van der Waals surface area contributed by atoms with Gasteiger partial charge in [-0.25, -0.2) is 0 Å². The van der Waals surface area contributed by atoms with Crippen LogP contribution >= 0.6 is 0 Å². The number of nitrogens with one attached hydrogen (secondary N) is 1. The van der Waals surface area contributed by atoms with Gasteiger partial charge in [-0.1, -0.05) is 57.4 Å². The smallest absolute Gasteiger partial charge is 0.0294 e. The second kappa shape index (κ2) is 8.31. The van der Waals surface area contributed by atoms with Crippen molar-refractivity contribution in [1.82, 2.24) is 5.32 Å². The van der Waals surface area contributed by atoms with Crippen molar-refractivity contribution in [3.8, 4) is 0 Å². The van der Waals surface area contributed by atoms with E-state index >= 15 is 0 Å². The Morgan fingerprint density at radius 1 is 1.17 bits per heavy atom. The third-order valence-electron chi connectivity index (χ3n) is 3.91. The van der Waals surface area contributed by atoms with Gasteiger partial charge in [0.2, 0.25) is 0 Å². The van der Waals surface area contributed by atoms with Crippen LogP contribution in [0.5, 0.6) is 0 Å². The van der Waals surface area contributed by atoms with Crippen molar-refractivity contribution in [3.05, 3.63) is 35.4 Å². The third kappa shape index (κ3) is 4.81. The second-order valence-corrected chi connectivity index (χ2v) is 5.40. The molecule has 102 valence electrons. The topological polar surface area (TPSA) is 12.0 Å². The first kappa shape index (κ1) is 15.2. The molecule has 1 rings (SSSR count). The lowest BCUT2D eigenvalue weighted by Gasteiger charge is -2.21. The zero-order valence-corrected chi connectivity index (χ0v) is 12.5. The predicted molar refractivity (Wildman–Crippen MR) is 80.9 cm³/mol. The second-order valence-electron chi connectivity index (χ2n) is 5.40. The molecule has 1 aromatic carbocycles. The van der Waals surface area contributed by atoms with Crippen LogP contribution in [0.2, 0.25) is 0 Å². The van der Waals surface area contributed by atoms with Gasteiger partial charge < -0.3 is 5.32 Å². The molecule has 0 aromatic heterocycles. The molecular formula is C17H29N. The molecule has 1 heteroatoms. The van der Waals surface area contributed by atoms with E-state index in [1.807, 2.05) is 0 Å². The number of benzene rings is 1. The summed E-state index contributed by atoms with van der Waals surface area (Å²) in [6.45, 7) is 10.2. The Kier molecular flexibility index (Phi) is 7.04. The molecule has 0 fully saturated rings. The molecule has 1 nitrogen and oxygen atoms in total. The van der Waals surface area contributed by atoms with Crippen LogP contribution in [-0.2, 0) is 0 Å². The first-order chi connectivity index (χ1) is 8.69. The lowest BCUT2D eigenvalue weighted by atomic mass is 9.97. The Hall–Kier alpha value is -0.820. The standard InChI is InChI=1S/C17H29N/c1-5-7-11-16(6-2)13-18-15(4)17-12-9-8-10-14(17)3/h8-10,12,15-16,18H,5-7,11,13H2,1-4H3/t15-,16?/m0/s1. The van der Waals surface area contributed by atoms with Gasteiger partial charge in [0.05, 0.1) is 0 Å². The van der Waals surface area contributed by atoms with Gasteiger partial charge in [0.15, 0.2) is 0 Å². The van der Waals surface area contributed by atoms with Gasteiger partial charge in [0.25, 0.3) is 0 Å². The molecule has 0 saturated carbocycles. The lowest BCUT2D eigenvalue weighted by Crippen LogP contribution is -2.26. The maximum atomic E-state index is 3.70. The van der Waals surface area contributed by atoms with Crippen molar-refractivity contribution in [3.63, 3.8) is 0 Å². The van der Waals surface area contributed by atoms with E-state index in [0.717, 1.165) is 12.5 Å². The molecular weight excluding hydrogens is 218 g/mol. The van der Waals surface area contributed by atoms with E-state index in [2.05, 4.69) is 57.3 Å². The fourth-order valence-electron chi connectivity index (χ4n) is 2.47. The lowest BCUT2D eigenvalue weighted by molar-refractivity contribution is 0.398. The number of aryl methyl sites for hydroxylation is 1. The predicted octanol–water partition coefficient (Wildman–Crippen LogP) is 4.86. The zero-order chi connectivity index (χ0) is 13.4. The first-order valence-corrected chi connectivity index (χ1v) is 7.47. The Morgan fingerprint density at radius 2 is 1.89 bits per heavy atom. The molecule has 0 aliphatic rings. The molecule has 0 aliphatic heterocycles. The molecule has 1 N–H and O–H groups in total. The minimum atomic E-state index is 0.460. The van der Waals surface area contributed by atoms with Crippen molar-refractivity contribution in [2.75, 3.05) is 6.54 Å². The van der Waals surface area contributed by atoms with Crippen LogP contribution in [-0.4, -0.2) is 6.54 Å². The highest BCUT2D eigenvalue weighted by Crippen LogP contribution is 2.18. The fraction of sp³-hybridized carbons (Fsp3) is 0.647. The Morgan fingerprint density at radius 3 is 2.50 bits per heavy atom. The fourth-order valence-corrected chi connectivity index (χ4v) is 2.47. The van der Waals surface area contributed by atoms with Crippen molar-refractivity contribution in [2.45, 2.75) is 59.4 Å². The number of hydrogen-bond acceptors (Lipinski definition) is 1. The number of rotatable bonds is 8. The molecule has 0 saturated heterocycles. The van der Waals surface area contributed by atoms with Crippen molar-refractivity contribution in [2.24, 2.45) is 5.92 Å². The van der Waals surface area contributed by atoms with Gasteiger partial charge in [-0.3, -0.25) is 0 Å². The van der Waals surface area contributed by atoms with Crippen molar-refractivity contribution >= 4 is 0 Å². The molecule has 1 unspecified atom stereocenters. The van der Waals surface area contributed by atoms with E-state index in [1.54, 1.807) is 0 Å². The summed E-state index contributed by atoms with van der Waals surface area (Å²) in [7, 11) is 0. The molecule has 18 heavy (non-hydrogen) atoms. The summed E-state index contributed by atoms with van der Waals surface area (Å²) >= 11 is 0. The van der Waals surface area contributed by atoms with Crippen LogP contribution in [0.4, 0.5) is 0 Å². The van der Waals surface area contributed by atoms with Crippen molar-refractivity contribution < 1.29 is 0 Å². The summed E-state index contributed by atoms with van der Waals surface area (Å²) in [4.78, 5) is 0. The van der Waals surface area contributed by atoms with Gasteiger partial charge >= 0.3 is 0 Å². The summed E-state index contributed by atoms with van der Waals surface area (Å²) in [5, 5.41) is 3.70. The SMILES string of the molecule is CCCCC(CC)CN[C@@H](C)c1ccccc1C. The Bertz CT molecular complexity index is 332. The van der Waals surface area contributed by atoms with Crippen LogP contribution in [0.3, 0.4) is 0 Å². The highest BCUT2D eigenvalue weighted by Gasteiger charge is 2.10. The number of unbranched alkanes of at least 4 members (excludes halogenated alkanes) is 1. The summed E-state index contributed by atoms with van der Waals surface area (Å²) in [6, 6.07) is 9.14. The van der Waals surface area contributed by atoms with Crippen LogP contribution in [0.25, 0.3) is 0 Å². The molecule has 2 atom stereocenters. The van der Waals surface area contributed by atoms with Gasteiger partial charge in [0.1, 0.15) is 0 Å². The van der Waals surface area contributed by atoms with Crippen LogP contribution in [0.15, 0.2) is 24.3 Å². The quantitative estimate of drug-likeness (QED) is 0.691. The van der Waals surface area contributed by atoms with E-state index < -0.39 is 0 Å². The van der Waals surface area contributed by atoms with Gasteiger partial charge in [-0.05, 0) is 43.9 Å². The summed E-state index contributed by atoms with van der Waals surface area (Å²) < 4.78 is 0. The third-order valence-corrected chi connectivity index (χ3v) is 3.91. The summed E-state index contributed by atoms with van der Waals surface area (Å²) in [5.41, 5.74) is 2.82. The molecule has 1 aromatic rings. The minimum absolute atomic E-state index is 0.460. The van der Waals surface area contributed by atoms with E-state index in [-0.39, 0.29) is 0 Å².